The molecule has 6 rings (SSSR count). The van der Waals surface area contributed by atoms with Crippen molar-refractivity contribution in [1.82, 2.24) is 14.9 Å². The molecule has 0 amide bonds. The first-order valence-corrected chi connectivity index (χ1v) is 14.9. The Balaban J connectivity index is 1.43. The Hall–Kier alpha value is -4.06. The summed E-state index contributed by atoms with van der Waals surface area (Å²) in [7, 11) is 1.62. The summed E-state index contributed by atoms with van der Waals surface area (Å²) in [5.41, 5.74) is -1.37. The predicted molar refractivity (Wildman–Crippen MR) is 164 cm³/mol. The van der Waals surface area contributed by atoms with Gasteiger partial charge in [0.25, 0.3) is 5.56 Å². The van der Waals surface area contributed by atoms with E-state index in [1.807, 2.05) is 84.9 Å². The van der Waals surface area contributed by atoms with E-state index in [2.05, 4.69) is 10.3 Å². The number of aromatic nitrogens is 2. The Morgan fingerprint density at radius 3 is 2.16 bits per heavy atom. The second-order valence-corrected chi connectivity index (χ2v) is 11.3. The van der Waals surface area contributed by atoms with Gasteiger partial charge in [-0.15, -0.1) is 0 Å². The number of rotatable bonds is 9. The lowest BCUT2D eigenvalue weighted by molar-refractivity contribution is -0.198. The molecule has 10 heteroatoms. The van der Waals surface area contributed by atoms with E-state index in [4.69, 9.17) is 14.2 Å². The Bertz CT molecular complexity index is 1610. The summed E-state index contributed by atoms with van der Waals surface area (Å²) in [5.74, 6) is 0.713. The highest BCUT2D eigenvalue weighted by atomic mass is 16.6. The Kier molecular flexibility index (Phi) is 8.53. The van der Waals surface area contributed by atoms with Crippen molar-refractivity contribution in [3.05, 3.63) is 135 Å². The van der Waals surface area contributed by atoms with E-state index in [-0.39, 0.29) is 6.54 Å². The van der Waals surface area contributed by atoms with Crippen molar-refractivity contribution in [2.45, 2.75) is 54.9 Å². The zero-order valence-electron chi connectivity index (χ0n) is 24.5. The minimum absolute atomic E-state index is 0.0839. The molecular weight excluding hydrogens is 562 g/mol. The molecule has 230 valence electrons. The summed E-state index contributed by atoms with van der Waals surface area (Å²) in [4.78, 5) is 27.0. The van der Waals surface area contributed by atoms with E-state index < -0.39 is 46.9 Å². The minimum Gasteiger partial charge on any atom is -0.497 e. The van der Waals surface area contributed by atoms with Crippen molar-refractivity contribution in [3.63, 3.8) is 0 Å². The van der Waals surface area contributed by atoms with Gasteiger partial charge in [-0.05, 0) is 48.1 Å². The van der Waals surface area contributed by atoms with Crippen LogP contribution in [0, 0.1) is 0 Å². The molecule has 2 aliphatic rings. The molecule has 3 heterocycles. The van der Waals surface area contributed by atoms with Crippen LogP contribution < -0.4 is 21.3 Å². The van der Waals surface area contributed by atoms with Gasteiger partial charge in [-0.3, -0.25) is 19.7 Å². The lowest BCUT2D eigenvalue weighted by atomic mass is 9.76. The quantitative estimate of drug-likeness (QED) is 0.216. The van der Waals surface area contributed by atoms with Gasteiger partial charge in [0.05, 0.1) is 18.8 Å². The van der Waals surface area contributed by atoms with Gasteiger partial charge in [0, 0.05) is 25.4 Å². The fourth-order valence-electron chi connectivity index (χ4n) is 6.59. The fourth-order valence-corrected chi connectivity index (χ4v) is 6.59. The van der Waals surface area contributed by atoms with E-state index >= 15 is 0 Å². The number of nitrogens with zero attached hydrogens (tertiary/aromatic N) is 1. The Morgan fingerprint density at radius 2 is 1.59 bits per heavy atom. The van der Waals surface area contributed by atoms with Gasteiger partial charge < -0.3 is 24.4 Å². The Labute approximate surface area is 254 Å². The largest absolute Gasteiger partial charge is 0.497 e. The van der Waals surface area contributed by atoms with Crippen LogP contribution in [0.3, 0.4) is 0 Å². The molecule has 4 aromatic rings. The van der Waals surface area contributed by atoms with Gasteiger partial charge in [0.2, 0.25) is 0 Å². The first-order valence-electron chi connectivity index (χ1n) is 14.9. The van der Waals surface area contributed by atoms with Gasteiger partial charge in [0.1, 0.15) is 18.0 Å². The van der Waals surface area contributed by atoms with Crippen LogP contribution in [-0.2, 0) is 15.0 Å². The first kappa shape index (κ1) is 30.0. The third-order valence-electron chi connectivity index (χ3n) is 8.83. The lowest BCUT2D eigenvalue weighted by Crippen LogP contribution is -2.59. The summed E-state index contributed by atoms with van der Waals surface area (Å²) < 4.78 is 18.9. The number of aromatic amines is 1. The number of hydrogen-bond acceptors (Lipinski definition) is 8. The highest BCUT2D eigenvalue weighted by Crippen LogP contribution is 2.44. The molecule has 2 aliphatic heterocycles. The molecule has 1 aromatic heterocycles. The molecule has 0 spiro atoms. The minimum atomic E-state index is -1.96. The molecule has 2 fully saturated rings. The molecule has 1 unspecified atom stereocenters. The van der Waals surface area contributed by atoms with Crippen LogP contribution in [0.5, 0.6) is 5.75 Å². The molecule has 0 saturated carbocycles. The van der Waals surface area contributed by atoms with Crippen molar-refractivity contribution >= 4 is 0 Å². The second-order valence-electron chi connectivity index (χ2n) is 11.3. The third-order valence-corrected chi connectivity index (χ3v) is 8.83. The molecule has 0 aliphatic carbocycles. The van der Waals surface area contributed by atoms with Crippen molar-refractivity contribution in [3.8, 4) is 5.75 Å². The second kappa shape index (κ2) is 12.5. The van der Waals surface area contributed by atoms with Crippen LogP contribution in [-0.4, -0.2) is 63.9 Å². The van der Waals surface area contributed by atoms with Crippen molar-refractivity contribution in [2.75, 3.05) is 20.3 Å². The van der Waals surface area contributed by atoms with Crippen molar-refractivity contribution in [1.29, 1.82) is 0 Å². The highest BCUT2D eigenvalue weighted by molar-refractivity contribution is 5.50. The van der Waals surface area contributed by atoms with Crippen LogP contribution in [0.2, 0.25) is 0 Å². The monoisotopic (exact) mass is 599 g/mol. The number of aliphatic hydroxyl groups is 2. The van der Waals surface area contributed by atoms with Gasteiger partial charge in [0.15, 0.2) is 11.8 Å². The number of H-pyrrole nitrogens is 1. The van der Waals surface area contributed by atoms with Crippen LogP contribution >= 0.6 is 0 Å². The molecule has 0 radical (unpaired) electrons. The summed E-state index contributed by atoms with van der Waals surface area (Å²) in [6, 6.07) is 28.9. The number of benzene rings is 3. The molecule has 44 heavy (non-hydrogen) atoms. The number of nitrogens with one attached hydrogen (secondary N) is 2. The number of ether oxygens (including phenoxy) is 3. The maximum Gasteiger partial charge on any atom is 0.330 e. The van der Waals surface area contributed by atoms with Crippen molar-refractivity contribution < 1.29 is 24.4 Å². The summed E-state index contributed by atoms with van der Waals surface area (Å²) in [6.45, 7) is 0.499. The maximum atomic E-state index is 12.9. The van der Waals surface area contributed by atoms with E-state index in [0.29, 0.717) is 18.8 Å². The summed E-state index contributed by atoms with van der Waals surface area (Å²) in [6.07, 6.45) is -1.10. The zero-order valence-corrected chi connectivity index (χ0v) is 24.5. The molecule has 4 N–H and O–H groups in total. The molecule has 2 saturated heterocycles. The van der Waals surface area contributed by atoms with E-state index in [1.54, 1.807) is 7.11 Å². The van der Waals surface area contributed by atoms with Gasteiger partial charge in [-0.25, -0.2) is 4.79 Å². The van der Waals surface area contributed by atoms with Crippen molar-refractivity contribution in [2.24, 2.45) is 0 Å². The standard InChI is InChI=1S/C34H37N3O7/c1-42-26-17-15-25(16-18-26)33(23-10-4-2-5-11-23,24-12-6-3-7-13-24)35-22-27-30(39)34(41,28-14-8-9-21-43-28)31(44-27)37-20-19-29(38)36-32(37)40/h2-7,10-13,15-20,27-28,30-31,35,39,41H,8-9,14,21-22H2,1H3,(H,36,38,40)/t27-,28?,30-,31-,34-/m1/s1. The lowest BCUT2D eigenvalue weighted by Gasteiger charge is -2.40. The van der Waals surface area contributed by atoms with E-state index in [9.17, 15) is 19.8 Å². The molecule has 5 atom stereocenters. The number of hydrogen-bond donors (Lipinski definition) is 4. The van der Waals surface area contributed by atoms with Crippen LogP contribution in [0.1, 0.15) is 42.2 Å². The highest BCUT2D eigenvalue weighted by Gasteiger charge is 2.61. The van der Waals surface area contributed by atoms with Gasteiger partial charge in [-0.1, -0.05) is 72.8 Å². The average Bonchev–Trinajstić information content (AvgIpc) is 3.33. The predicted octanol–water partition coefficient (Wildman–Crippen LogP) is 2.69. The molecular formula is C34H37N3O7. The van der Waals surface area contributed by atoms with E-state index in [0.717, 1.165) is 34.1 Å². The Morgan fingerprint density at radius 1 is 0.955 bits per heavy atom. The van der Waals surface area contributed by atoms with Gasteiger partial charge >= 0.3 is 5.69 Å². The zero-order chi connectivity index (χ0) is 30.7. The first-order chi connectivity index (χ1) is 21.4. The molecule has 0 bridgehead atoms. The maximum absolute atomic E-state index is 12.9. The average molecular weight is 600 g/mol. The number of methoxy groups -OCH3 is 1. The van der Waals surface area contributed by atoms with Crippen LogP contribution in [0.25, 0.3) is 0 Å². The topological polar surface area (TPSA) is 135 Å². The number of aliphatic hydroxyl groups excluding tert-OH is 1. The van der Waals surface area contributed by atoms with Crippen LogP contribution in [0.15, 0.2) is 107 Å². The smallest absolute Gasteiger partial charge is 0.330 e. The summed E-state index contributed by atoms with van der Waals surface area (Å²) >= 11 is 0. The summed E-state index contributed by atoms with van der Waals surface area (Å²) in [5, 5.41) is 27.7. The molecule has 3 aromatic carbocycles. The third kappa shape index (κ3) is 5.29. The normalized spacial score (nSPS) is 25.5. The van der Waals surface area contributed by atoms with Gasteiger partial charge in [-0.2, -0.15) is 0 Å². The SMILES string of the molecule is COc1ccc(C(NC[C@H]2O[C@@H](n3ccc(=O)[nH]c3=O)[C@@](O)(C3CCCCO3)[C@@H]2O)(c2ccccc2)c2ccccc2)cc1. The van der Waals surface area contributed by atoms with Crippen LogP contribution in [0.4, 0.5) is 0 Å². The fraction of sp³-hybridized carbons (Fsp3) is 0.353. The molecule has 10 nitrogen and oxygen atoms in total. The van der Waals surface area contributed by atoms with E-state index in [1.165, 1.54) is 12.3 Å².